The monoisotopic (exact) mass is 332 g/mol. The third-order valence-electron chi connectivity index (χ3n) is 5.04. The number of benzene rings is 1. The normalized spacial score (nSPS) is 19.3. The Hall–Kier alpha value is -2.04. The van der Waals surface area contributed by atoms with Crippen LogP contribution in [0.25, 0.3) is 0 Å². The summed E-state index contributed by atoms with van der Waals surface area (Å²) in [5, 5.41) is 0. The van der Waals surface area contributed by atoms with Crippen LogP contribution in [0.5, 0.6) is 5.75 Å². The average molecular weight is 332 g/mol. The van der Waals surface area contributed by atoms with Gasteiger partial charge in [-0.1, -0.05) is 20.8 Å². The topological polar surface area (TPSA) is 49.9 Å². The molecule has 0 saturated carbocycles. The van der Waals surface area contributed by atoms with E-state index < -0.39 is 0 Å². The predicted octanol–water partition coefficient (Wildman–Crippen LogP) is 2.94. The van der Waals surface area contributed by atoms with Crippen LogP contribution in [0.2, 0.25) is 0 Å². The fourth-order valence-corrected chi connectivity index (χ4v) is 2.94. The first-order valence-electron chi connectivity index (χ1n) is 8.36. The van der Waals surface area contributed by atoms with Crippen LogP contribution in [0, 0.1) is 11.3 Å². The third kappa shape index (κ3) is 3.71. The smallest absolute Gasteiger partial charge is 0.228 e. The maximum atomic E-state index is 12.8. The fraction of sp³-hybridized carbons (Fsp3) is 0.579. The van der Waals surface area contributed by atoms with Crippen molar-refractivity contribution in [1.82, 2.24) is 4.90 Å². The summed E-state index contributed by atoms with van der Waals surface area (Å²) >= 11 is 0. The lowest BCUT2D eigenvalue weighted by Gasteiger charge is -2.36. The van der Waals surface area contributed by atoms with E-state index in [9.17, 15) is 9.59 Å². The first-order valence-corrected chi connectivity index (χ1v) is 8.36. The van der Waals surface area contributed by atoms with E-state index in [1.54, 1.807) is 16.9 Å². The first-order chi connectivity index (χ1) is 11.1. The van der Waals surface area contributed by atoms with E-state index in [1.165, 1.54) is 0 Å². The van der Waals surface area contributed by atoms with Crippen LogP contribution in [0.3, 0.4) is 0 Å². The largest absolute Gasteiger partial charge is 0.497 e. The summed E-state index contributed by atoms with van der Waals surface area (Å²) in [4.78, 5) is 28.6. The Morgan fingerprint density at radius 3 is 2.38 bits per heavy atom. The molecule has 0 aromatic heterocycles. The van der Waals surface area contributed by atoms with E-state index in [4.69, 9.17) is 4.74 Å². The highest BCUT2D eigenvalue weighted by Gasteiger charge is 2.38. The van der Waals surface area contributed by atoms with Gasteiger partial charge < -0.3 is 14.5 Å². The first kappa shape index (κ1) is 18.3. The second-order valence-electron chi connectivity index (χ2n) is 7.59. The quantitative estimate of drug-likeness (QED) is 0.852. The van der Waals surface area contributed by atoms with Crippen LogP contribution in [-0.2, 0) is 9.59 Å². The molecule has 1 heterocycles. The highest BCUT2D eigenvalue weighted by molar-refractivity contribution is 6.00. The van der Waals surface area contributed by atoms with Crippen molar-refractivity contribution < 1.29 is 14.3 Å². The number of carbonyl (C=O) groups is 2. The molecule has 24 heavy (non-hydrogen) atoms. The maximum Gasteiger partial charge on any atom is 0.228 e. The minimum atomic E-state index is -0.283. The summed E-state index contributed by atoms with van der Waals surface area (Å²) in [7, 11) is 3.44. The molecule has 0 spiro atoms. The van der Waals surface area contributed by atoms with Gasteiger partial charge in [-0.3, -0.25) is 9.59 Å². The van der Waals surface area contributed by atoms with Crippen molar-refractivity contribution in [2.24, 2.45) is 11.3 Å². The molecule has 2 amide bonds. The SMILES string of the molecule is COc1ccc(N2C[C@H](C(=O)N(C)[C@H](C)C(C)(C)C)CC2=O)cc1. The lowest BCUT2D eigenvalue weighted by atomic mass is 9.86. The maximum absolute atomic E-state index is 12.8. The lowest BCUT2D eigenvalue weighted by molar-refractivity contribution is -0.138. The van der Waals surface area contributed by atoms with Crippen molar-refractivity contribution in [2.45, 2.75) is 40.2 Å². The van der Waals surface area contributed by atoms with E-state index in [2.05, 4.69) is 27.7 Å². The van der Waals surface area contributed by atoms with E-state index >= 15 is 0 Å². The number of amides is 2. The average Bonchev–Trinajstić information content (AvgIpc) is 2.93. The van der Waals surface area contributed by atoms with E-state index in [-0.39, 0.29) is 35.6 Å². The summed E-state index contributed by atoms with van der Waals surface area (Å²) in [6.45, 7) is 8.84. The van der Waals surface area contributed by atoms with Crippen molar-refractivity contribution in [3.8, 4) is 5.75 Å². The molecule has 0 radical (unpaired) electrons. The lowest BCUT2D eigenvalue weighted by Crippen LogP contribution is -2.46. The molecule has 1 aliphatic heterocycles. The number of hydrogen-bond donors (Lipinski definition) is 0. The van der Waals surface area contributed by atoms with E-state index in [0.29, 0.717) is 6.54 Å². The Morgan fingerprint density at radius 1 is 1.29 bits per heavy atom. The van der Waals surface area contributed by atoms with E-state index in [0.717, 1.165) is 11.4 Å². The number of ether oxygens (including phenoxy) is 1. The van der Waals surface area contributed by atoms with Gasteiger partial charge in [-0.05, 0) is 36.6 Å². The van der Waals surface area contributed by atoms with Crippen LogP contribution >= 0.6 is 0 Å². The third-order valence-corrected chi connectivity index (χ3v) is 5.04. The number of nitrogens with zero attached hydrogens (tertiary/aromatic N) is 2. The Balaban J connectivity index is 2.09. The Morgan fingerprint density at radius 2 is 1.88 bits per heavy atom. The summed E-state index contributed by atoms with van der Waals surface area (Å²) in [5.74, 6) is 0.503. The highest BCUT2D eigenvalue weighted by Crippen LogP contribution is 2.30. The molecule has 0 aliphatic carbocycles. The summed E-state index contributed by atoms with van der Waals surface area (Å²) in [5.41, 5.74) is 0.811. The standard InChI is InChI=1S/C19H28N2O3/c1-13(19(2,3)4)20(5)18(23)14-11-17(22)21(12-14)15-7-9-16(24-6)10-8-15/h7-10,13-14H,11-12H2,1-6H3/t13-,14-/m1/s1. The Labute approximate surface area is 144 Å². The molecule has 2 rings (SSSR count). The van der Waals surface area contributed by atoms with Gasteiger partial charge in [0.05, 0.1) is 13.0 Å². The van der Waals surface area contributed by atoms with Crippen LogP contribution in [0.15, 0.2) is 24.3 Å². The van der Waals surface area contributed by atoms with Gasteiger partial charge in [0.1, 0.15) is 5.75 Å². The van der Waals surface area contributed by atoms with Gasteiger partial charge in [-0.15, -0.1) is 0 Å². The molecule has 1 saturated heterocycles. The zero-order valence-electron chi connectivity index (χ0n) is 15.5. The number of hydrogen-bond acceptors (Lipinski definition) is 3. The van der Waals surface area contributed by atoms with Crippen molar-refractivity contribution in [1.29, 1.82) is 0 Å². The van der Waals surface area contributed by atoms with Gasteiger partial charge in [-0.2, -0.15) is 0 Å². The number of anilines is 1. The molecule has 2 atom stereocenters. The predicted molar refractivity (Wildman–Crippen MR) is 95.1 cm³/mol. The van der Waals surface area contributed by atoms with Crippen molar-refractivity contribution in [3.63, 3.8) is 0 Å². The number of rotatable bonds is 4. The molecule has 132 valence electrons. The molecule has 1 aromatic rings. The fourth-order valence-electron chi connectivity index (χ4n) is 2.94. The summed E-state index contributed by atoms with van der Waals surface area (Å²) in [6, 6.07) is 7.46. The van der Waals surface area contributed by atoms with Crippen LogP contribution < -0.4 is 9.64 Å². The van der Waals surface area contributed by atoms with Crippen molar-refractivity contribution in [2.75, 3.05) is 25.6 Å². The van der Waals surface area contributed by atoms with Crippen molar-refractivity contribution >= 4 is 17.5 Å². The molecular formula is C19H28N2O3. The second kappa shape index (κ2) is 6.83. The molecule has 5 heteroatoms. The summed E-state index contributed by atoms with van der Waals surface area (Å²) in [6.07, 6.45) is 0.270. The molecule has 0 N–H and O–H groups in total. The molecular weight excluding hydrogens is 304 g/mol. The van der Waals surface area contributed by atoms with Crippen LogP contribution in [0.4, 0.5) is 5.69 Å². The second-order valence-corrected chi connectivity index (χ2v) is 7.59. The zero-order valence-corrected chi connectivity index (χ0v) is 15.5. The van der Waals surface area contributed by atoms with Crippen LogP contribution in [-0.4, -0.2) is 43.5 Å². The van der Waals surface area contributed by atoms with Gasteiger partial charge in [0.25, 0.3) is 0 Å². The molecule has 0 unspecified atom stereocenters. The zero-order chi connectivity index (χ0) is 18.1. The number of carbonyl (C=O) groups excluding carboxylic acids is 2. The summed E-state index contributed by atoms with van der Waals surface area (Å²) < 4.78 is 5.14. The minimum Gasteiger partial charge on any atom is -0.497 e. The molecule has 0 bridgehead atoms. The highest BCUT2D eigenvalue weighted by atomic mass is 16.5. The van der Waals surface area contributed by atoms with E-state index in [1.807, 2.05) is 31.3 Å². The van der Waals surface area contributed by atoms with Crippen molar-refractivity contribution in [3.05, 3.63) is 24.3 Å². The van der Waals surface area contributed by atoms with Gasteiger partial charge in [0.15, 0.2) is 0 Å². The molecule has 1 aliphatic rings. The van der Waals surface area contributed by atoms with Gasteiger partial charge in [0.2, 0.25) is 11.8 Å². The van der Waals surface area contributed by atoms with Gasteiger partial charge in [0, 0.05) is 31.7 Å². The number of methoxy groups -OCH3 is 1. The van der Waals surface area contributed by atoms with Crippen LogP contribution in [0.1, 0.15) is 34.1 Å². The Kier molecular flexibility index (Phi) is 5.21. The van der Waals surface area contributed by atoms with Gasteiger partial charge >= 0.3 is 0 Å². The Bertz CT molecular complexity index is 604. The van der Waals surface area contributed by atoms with Gasteiger partial charge in [-0.25, -0.2) is 0 Å². The molecule has 1 fully saturated rings. The minimum absolute atomic E-state index is 0.00267. The molecule has 1 aromatic carbocycles. The molecule has 5 nitrogen and oxygen atoms in total.